The lowest BCUT2D eigenvalue weighted by Gasteiger charge is -1.98. The highest BCUT2D eigenvalue weighted by Gasteiger charge is 2.01. The molecule has 1 N–H and O–H groups in total. The summed E-state index contributed by atoms with van der Waals surface area (Å²) < 4.78 is 0. The maximum Gasteiger partial charge on any atom is 0.185 e. The van der Waals surface area contributed by atoms with Crippen LogP contribution >= 0.6 is 11.6 Å². The van der Waals surface area contributed by atoms with Crippen LogP contribution in [-0.2, 0) is 0 Å². The fourth-order valence-corrected chi connectivity index (χ4v) is 1.69. The lowest BCUT2D eigenvalue weighted by atomic mass is 10.1. The Labute approximate surface area is 110 Å². The van der Waals surface area contributed by atoms with Crippen LogP contribution in [-0.4, -0.2) is 10.9 Å². The van der Waals surface area contributed by atoms with E-state index in [2.05, 4.69) is 0 Å². The van der Waals surface area contributed by atoms with Gasteiger partial charge in [0.25, 0.3) is 0 Å². The molecule has 0 unspecified atom stereocenters. The number of halogens is 1. The largest absolute Gasteiger partial charge is 0.506 e. The van der Waals surface area contributed by atoms with E-state index >= 15 is 0 Å². The summed E-state index contributed by atoms with van der Waals surface area (Å²) in [5.74, 6) is -0.0389. The zero-order valence-corrected chi connectivity index (χ0v) is 10.3. The van der Waals surface area contributed by atoms with Crippen molar-refractivity contribution in [3.05, 3.63) is 70.8 Å². The van der Waals surface area contributed by atoms with Gasteiger partial charge in [-0.1, -0.05) is 54.1 Å². The summed E-state index contributed by atoms with van der Waals surface area (Å²) >= 11 is 5.78. The molecule has 2 rings (SSSR count). The summed E-state index contributed by atoms with van der Waals surface area (Å²) in [6.45, 7) is 0. The number of carbonyl (C=O) groups is 1. The molecule has 0 aromatic heterocycles. The molecule has 2 nitrogen and oxygen atoms in total. The Hall–Kier alpha value is -2.06. The molecule has 2 aromatic carbocycles. The van der Waals surface area contributed by atoms with E-state index in [9.17, 15) is 9.90 Å². The van der Waals surface area contributed by atoms with Crippen LogP contribution in [0.15, 0.2) is 54.6 Å². The number of hydrogen-bond donors (Lipinski definition) is 1. The van der Waals surface area contributed by atoms with Gasteiger partial charge in [0.05, 0.1) is 5.02 Å². The monoisotopic (exact) mass is 258 g/mol. The average molecular weight is 259 g/mol. The van der Waals surface area contributed by atoms with Gasteiger partial charge >= 0.3 is 0 Å². The molecule has 18 heavy (non-hydrogen) atoms. The van der Waals surface area contributed by atoms with Crippen molar-refractivity contribution in [1.29, 1.82) is 0 Å². The first-order valence-corrected chi connectivity index (χ1v) is 5.80. The molecule has 0 aliphatic rings. The molecule has 0 heterocycles. The van der Waals surface area contributed by atoms with Gasteiger partial charge in [-0.05, 0) is 23.8 Å². The van der Waals surface area contributed by atoms with Crippen LogP contribution in [0.1, 0.15) is 15.9 Å². The van der Waals surface area contributed by atoms with E-state index in [0.717, 1.165) is 5.56 Å². The Morgan fingerprint density at radius 3 is 2.50 bits per heavy atom. The van der Waals surface area contributed by atoms with Crippen LogP contribution in [0.2, 0.25) is 5.02 Å². The molecule has 90 valence electrons. The van der Waals surface area contributed by atoms with Crippen LogP contribution in [0.5, 0.6) is 5.75 Å². The molecule has 0 saturated carbocycles. The third-order valence-corrected chi connectivity index (χ3v) is 2.76. The van der Waals surface area contributed by atoms with Crippen LogP contribution in [0.4, 0.5) is 0 Å². The molecule has 0 amide bonds. The SMILES string of the molecule is O=C(C=Cc1ccc(O)c(Cl)c1)c1ccccc1. The Balaban J connectivity index is 2.16. The van der Waals surface area contributed by atoms with Crippen molar-refractivity contribution in [2.75, 3.05) is 0 Å². The summed E-state index contributed by atoms with van der Waals surface area (Å²) in [5, 5.41) is 9.54. The number of phenols is 1. The van der Waals surface area contributed by atoms with E-state index in [4.69, 9.17) is 11.6 Å². The number of phenolic OH excluding ortho intramolecular Hbond substituents is 1. The maximum absolute atomic E-state index is 11.8. The zero-order valence-electron chi connectivity index (χ0n) is 9.51. The molecule has 0 bridgehead atoms. The number of carbonyl (C=O) groups excluding carboxylic acids is 1. The zero-order chi connectivity index (χ0) is 13.0. The van der Waals surface area contributed by atoms with Gasteiger partial charge in [-0.2, -0.15) is 0 Å². The fraction of sp³-hybridized carbons (Fsp3) is 0. The second kappa shape index (κ2) is 5.52. The average Bonchev–Trinajstić information content (AvgIpc) is 2.41. The van der Waals surface area contributed by atoms with E-state index in [1.54, 1.807) is 30.3 Å². The fourth-order valence-electron chi connectivity index (χ4n) is 1.50. The van der Waals surface area contributed by atoms with Gasteiger partial charge in [0.15, 0.2) is 5.78 Å². The van der Waals surface area contributed by atoms with Crippen molar-refractivity contribution < 1.29 is 9.90 Å². The highest BCUT2D eigenvalue weighted by molar-refractivity contribution is 6.32. The van der Waals surface area contributed by atoms with Crippen LogP contribution < -0.4 is 0 Å². The van der Waals surface area contributed by atoms with Gasteiger partial charge in [-0.15, -0.1) is 0 Å². The van der Waals surface area contributed by atoms with Crippen LogP contribution in [0.25, 0.3) is 6.08 Å². The Morgan fingerprint density at radius 2 is 1.83 bits per heavy atom. The number of ketones is 1. The third kappa shape index (κ3) is 2.99. The molecule has 0 aliphatic heterocycles. The van der Waals surface area contributed by atoms with Crippen LogP contribution in [0, 0.1) is 0 Å². The highest BCUT2D eigenvalue weighted by Crippen LogP contribution is 2.24. The predicted octanol–water partition coefficient (Wildman–Crippen LogP) is 3.94. The molecule has 0 spiro atoms. The summed E-state index contributed by atoms with van der Waals surface area (Å²) in [4.78, 5) is 11.8. The number of allylic oxidation sites excluding steroid dienone is 1. The predicted molar refractivity (Wildman–Crippen MR) is 72.9 cm³/mol. The summed E-state index contributed by atoms with van der Waals surface area (Å²) in [5.41, 5.74) is 1.40. The quantitative estimate of drug-likeness (QED) is 0.669. The Kier molecular flexibility index (Phi) is 3.80. The van der Waals surface area contributed by atoms with Crippen LogP contribution in [0.3, 0.4) is 0 Å². The third-order valence-electron chi connectivity index (χ3n) is 2.46. The first kappa shape index (κ1) is 12.4. The van der Waals surface area contributed by atoms with Crippen molar-refractivity contribution in [2.45, 2.75) is 0 Å². The first-order chi connectivity index (χ1) is 8.66. The molecule has 3 heteroatoms. The van der Waals surface area contributed by atoms with E-state index in [-0.39, 0.29) is 16.6 Å². The minimum Gasteiger partial charge on any atom is -0.506 e. The lowest BCUT2D eigenvalue weighted by molar-refractivity contribution is 0.104. The smallest absolute Gasteiger partial charge is 0.185 e. The number of benzene rings is 2. The van der Waals surface area contributed by atoms with Crippen molar-refractivity contribution in [2.24, 2.45) is 0 Å². The van der Waals surface area contributed by atoms with Gasteiger partial charge in [-0.25, -0.2) is 0 Å². The van der Waals surface area contributed by atoms with Gasteiger partial charge in [0, 0.05) is 5.56 Å². The second-order valence-corrected chi connectivity index (χ2v) is 4.18. The Morgan fingerprint density at radius 1 is 1.11 bits per heavy atom. The Bertz CT molecular complexity index is 589. The number of hydrogen-bond acceptors (Lipinski definition) is 2. The molecular weight excluding hydrogens is 248 g/mol. The number of rotatable bonds is 3. The summed E-state index contributed by atoms with van der Waals surface area (Å²) in [6, 6.07) is 13.8. The van der Waals surface area contributed by atoms with Gasteiger partial charge in [-0.3, -0.25) is 4.79 Å². The van der Waals surface area contributed by atoms with Crippen molar-refractivity contribution in [1.82, 2.24) is 0 Å². The minimum absolute atomic E-state index is 0.0307. The van der Waals surface area contributed by atoms with Gasteiger partial charge in [0.2, 0.25) is 0 Å². The van der Waals surface area contributed by atoms with Crippen molar-refractivity contribution in [3.8, 4) is 5.75 Å². The first-order valence-electron chi connectivity index (χ1n) is 5.43. The van der Waals surface area contributed by atoms with Crippen molar-refractivity contribution in [3.63, 3.8) is 0 Å². The van der Waals surface area contributed by atoms with E-state index in [1.165, 1.54) is 12.1 Å². The topological polar surface area (TPSA) is 37.3 Å². The highest BCUT2D eigenvalue weighted by atomic mass is 35.5. The second-order valence-electron chi connectivity index (χ2n) is 3.77. The number of aromatic hydroxyl groups is 1. The molecule has 2 aromatic rings. The maximum atomic E-state index is 11.8. The van der Waals surface area contributed by atoms with Crippen molar-refractivity contribution >= 4 is 23.5 Å². The summed E-state index contributed by atoms with van der Waals surface area (Å²) in [6.07, 6.45) is 3.15. The van der Waals surface area contributed by atoms with E-state index in [0.29, 0.717) is 5.56 Å². The molecule has 0 atom stereocenters. The molecule has 0 saturated heterocycles. The van der Waals surface area contributed by atoms with Gasteiger partial charge in [0.1, 0.15) is 5.75 Å². The van der Waals surface area contributed by atoms with E-state index in [1.807, 2.05) is 18.2 Å². The lowest BCUT2D eigenvalue weighted by Crippen LogP contribution is -1.92. The molecular formula is C15H11ClO2. The van der Waals surface area contributed by atoms with Gasteiger partial charge < -0.3 is 5.11 Å². The standard InChI is InChI=1S/C15H11ClO2/c16-13-10-11(7-9-15(13)18)6-8-14(17)12-4-2-1-3-5-12/h1-10,18H. The molecule has 0 aliphatic carbocycles. The minimum atomic E-state index is -0.0696. The van der Waals surface area contributed by atoms with E-state index < -0.39 is 0 Å². The molecule has 0 radical (unpaired) electrons. The normalized spacial score (nSPS) is 10.7. The summed E-state index contributed by atoms with van der Waals surface area (Å²) in [7, 11) is 0. The molecule has 0 fully saturated rings.